The first-order valence-corrected chi connectivity index (χ1v) is 9.36. The molecule has 0 radical (unpaired) electrons. The molecule has 4 nitrogen and oxygen atoms in total. The van der Waals surface area contributed by atoms with Crippen LogP contribution in [0.5, 0.6) is 0 Å². The summed E-state index contributed by atoms with van der Waals surface area (Å²) < 4.78 is 5.03. The summed E-state index contributed by atoms with van der Waals surface area (Å²) in [5.41, 5.74) is 3.42. The van der Waals surface area contributed by atoms with Crippen LogP contribution in [0.1, 0.15) is 34.8 Å². The molecule has 0 saturated carbocycles. The molecule has 0 aliphatic rings. The van der Waals surface area contributed by atoms with Gasteiger partial charge in [0.15, 0.2) is 5.11 Å². The number of anilines is 1. The Bertz CT molecular complexity index is 780. The van der Waals surface area contributed by atoms with E-state index < -0.39 is 0 Å². The number of ether oxygens (including phenoxy) is 1. The molecule has 0 saturated heterocycles. The molecule has 138 valence electrons. The average Bonchev–Trinajstić information content (AvgIpc) is 2.62. The maximum atomic E-state index is 11.9. The van der Waals surface area contributed by atoms with Crippen molar-refractivity contribution < 1.29 is 9.53 Å². The van der Waals surface area contributed by atoms with Crippen LogP contribution < -0.4 is 10.6 Å². The molecule has 0 bridgehead atoms. The van der Waals surface area contributed by atoms with Crippen LogP contribution in [0.15, 0.2) is 42.5 Å². The topological polar surface area (TPSA) is 50.4 Å². The van der Waals surface area contributed by atoms with Crippen molar-refractivity contribution in [3.8, 4) is 0 Å². The van der Waals surface area contributed by atoms with E-state index in [1.165, 1.54) is 0 Å². The van der Waals surface area contributed by atoms with Crippen molar-refractivity contribution in [3.05, 3.63) is 64.2 Å². The van der Waals surface area contributed by atoms with Crippen LogP contribution in [0.4, 0.5) is 5.69 Å². The first kappa shape index (κ1) is 20.2. The Balaban J connectivity index is 1.84. The van der Waals surface area contributed by atoms with Gasteiger partial charge in [-0.05, 0) is 68.2 Å². The van der Waals surface area contributed by atoms with Crippen LogP contribution in [-0.2, 0) is 11.2 Å². The summed E-state index contributed by atoms with van der Waals surface area (Å²) in [7, 11) is 0. The summed E-state index contributed by atoms with van der Waals surface area (Å²) in [5.74, 6) is -0.339. The van der Waals surface area contributed by atoms with E-state index in [0.29, 0.717) is 17.3 Å². The maximum absolute atomic E-state index is 11.9. The molecule has 2 N–H and O–H groups in total. The standard InChI is InChI=1S/C20H23ClN2O2S/c1-3-25-19(24)16-11-10-14(2)18(13-16)23-20(26)22-12-6-8-15-7-4-5-9-17(15)21/h4-5,7,9-11,13H,3,6,8,12H2,1-2H3,(H2,22,23,26). The van der Waals surface area contributed by atoms with Crippen molar-refractivity contribution in [1.29, 1.82) is 0 Å². The molecule has 26 heavy (non-hydrogen) atoms. The van der Waals surface area contributed by atoms with Gasteiger partial charge in [-0.3, -0.25) is 0 Å². The van der Waals surface area contributed by atoms with E-state index >= 15 is 0 Å². The van der Waals surface area contributed by atoms with Crippen molar-refractivity contribution in [2.75, 3.05) is 18.5 Å². The Labute approximate surface area is 164 Å². The third kappa shape index (κ3) is 6.00. The molecule has 0 fully saturated rings. The predicted octanol–water partition coefficient (Wildman–Crippen LogP) is 4.74. The average molecular weight is 391 g/mol. The number of carbonyl (C=O) groups excluding carboxylic acids is 1. The monoisotopic (exact) mass is 390 g/mol. The summed E-state index contributed by atoms with van der Waals surface area (Å²) in [5, 5.41) is 7.64. The van der Waals surface area contributed by atoms with Gasteiger partial charge in [0.05, 0.1) is 12.2 Å². The van der Waals surface area contributed by atoms with Gasteiger partial charge in [-0.25, -0.2) is 4.79 Å². The van der Waals surface area contributed by atoms with Crippen LogP contribution in [0.2, 0.25) is 5.02 Å². The summed E-state index contributed by atoms with van der Waals surface area (Å²) in [4.78, 5) is 11.9. The van der Waals surface area contributed by atoms with Gasteiger partial charge in [0.25, 0.3) is 0 Å². The molecular weight excluding hydrogens is 368 g/mol. The summed E-state index contributed by atoms with van der Waals surface area (Å²) >= 11 is 11.5. The number of rotatable bonds is 7. The summed E-state index contributed by atoms with van der Waals surface area (Å²) in [6.45, 7) is 4.82. The first-order valence-electron chi connectivity index (χ1n) is 8.57. The minimum atomic E-state index is -0.339. The van der Waals surface area contributed by atoms with Crippen LogP contribution in [0.25, 0.3) is 0 Å². The van der Waals surface area contributed by atoms with E-state index in [4.69, 9.17) is 28.6 Å². The molecule has 2 rings (SSSR count). The van der Waals surface area contributed by atoms with E-state index in [1.54, 1.807) is 19.1 Å². The second-order valence-electron chi connectivity index (χ2n) is 5.83. The van der Waals surface area contributed by atoms with Crippen molar-refractivity contribution in [3.63, 3.8) is 0 Å². The lowest BCUT2D eigenvalue weighted by molar-refractivity contribution is 0.0526. The lowest BCUT2D eigenvalue weighted by atomic mass is 10.1. The normalized spacial score (nSPS) is 10.3. The number of benzene rings is 2. The van der Waals surface area contributed by atoms with Gasteiger partial charge >= 0.3 is 5.97 Å². The second kappa shape index (κ2) is 10.1. The van der Waals surface area contributed by atoms with Gasteiger partial charge in [-0.15, -0.1) is 0 Å². The van der Waals surface area contributed by atoms with Crippen LogP contribution in [0, 0.1) is 6.92 Å². The number of hydrogen-bond acceptors (Lipinski definition) is 3. The zero-order valence-electron chi connectivity index (χ0n) is 15.0. The molecule has 0 aliphatic heterocycles. The molecular formula is C20H23ClN2O2S. The number of thiocarbonyl (C=S) groups is 1. The van der Waals surface area contributed by atoms with Crippen molar-refractivity contribution >= 4 is 40.6 Å². The number of carbonyl (C=O) groups is 1. The lowest BCUT2D eigenvalue weighted by Crippen LogP contribution is -2.29. The summed E-state index contributed by atoms with van der Waals surface area (Å²) in [6.07, 6.45) is 1.79. The fourth-order valence-electron chi connectivity index (χ4n) is 2.45. The quantitative estimate of drug-likeness (QED) is 0.406. The third-order valence-corrected chi connectivity index (χ3v) is 4.48. The Morgan fingerprint density at radius 1 is 1.23 bits per heavy atom. The number of hydrogen-bond donors (Lipinski definition) is 2. The highest BCUT2D eigenvalue weighted by atomic mass is 35.5. The highest BCUT2D eigenvalue weighted by molar-refractivity contribution is 7.80. The molecule has 2 aromatic rings. The molecule has 0 aliphatic carbocycles. The largest absolute Gasteiger partial charge is 0.462 e. The molecule has 0 spiro atoms. The predicted molar refractivity (Wildman–Crippen MR) is 111 cm³/mol. The van der Waals surface area contributed by atoms with E-state index in [9.17, 15) is 4.79 Å². The minimum Gasteiger partial charge on any atom is -0.462 e. The highest BCUT2D eigenvalue weighted by Crippen LogP contribution is 2.18. The molecule has 0 amide bonds. The molecule has 2 aromatic carbocycles. The zero-order valence-corrected chi connectivity index (χ0v) is 16.5. The Morgan fingerprint density at radius 3 is 2.73 bits per heavy atom. The van der Waals surface area contributed by atoms with E-state index in [-0.39, 0.29) is 5.97 Å². The Kier molecular flexibility index (Phi) is 7.88. The minimum absolute atomic E-state index is 0.339. The van der Waals surface area contributed by atoms with Gasteiger partial charge in [0, 0.05) is 17.3 Å². The van der Waals surface area contributed by atoms with E-state index in [1.807, 2.05) is 37.3 Å². The smallest absolute Gasteiger partial charge is 0.338 e. The maximum Gasteiger partial charge on any atom is 0.338 e. The van der Waals surface area contributed by atoms with E-state index in [0.717, 1.165) is 41.2 Å². The van der Waals surface area contributed by atoms with Crippen LogP contribution >= 0.6 is 23.8 Å². The number of esters is 1. The van der Waals surface area contributed by atoms with Gasteiger partial charge in [-0.2, -0.15) is 0 Å². The van der Waals surface area contributed by atoms with Gasteiger partial charge in [0.1, 0.15) is 0 Å². The zero-order chi connectivity index (χ0) is 18.9. The second-order valence-corrected chi connectivity index (χ2v) is 6.64. The van der Waals surface area contributed by atoms with Crippen molar-refractivity contribution in [1.82, 2.24) is 5.32 Å². The number of nitrogens with one attached hydrogen (secondary N) is 2. The molecule has 0 unspecified atom stereocenters. The van der Waals surface area contributed by atoms with E-state index in [2.05, 4.69) is 10.6 Å². The van der Waals surface area contributed by atoms with Gasteiger partial charge in [-0.1, -0.05) is 35.9 Å². The Hall–Kier alpha value is -2.11. The van der Waals surface area contributed by atoms with Gasteiger partial charge in [0.2, 0.25) is 0 Å². The molecule has 6 heteroatoms. The fraction of sp³-hybridized carbons (Fsp3) is 0.300. The number of halogens is 1. The molecule has 0 aromatic heterocycles. The lowest BCUT2D eigenvalue weighted by Gasteiger charge is -2.14. The number of aryl methyl sites for hydroxylation is 2. The van der Waals surface area contributed by atoms with Crippen LogP contribution in [0.3, 0.4) is 0 Å². The first-order chi connectivity index (χ1) is 12.5. The van der Waals surface area contributed by atoms with Crippen molar-refractivity contribution in [2.24, 2.45) is 0 Å². The Morgan fingerprint density at radius 2 is 2.00 bits per heavy atom. The van der Waals surface area contributed by atoms with Crippen molar-refractivity contribution in [2.45, 2.75) is 26.7 Å². The summed E-state index contributed by atoms with van der Waals surface area (Å²) in [6, 6.07) is 13.2. The van der Waals surface area contributed by atoms with Gasteiger partial charge < -0.3 is 15.4 Å². The fourth-order valence-corrected chi connectivity index (χ4v) is 2.89. The third-order valence-electron chi connectivity index (χ3n) is 3.86. The van der Waals surface area contributed by atoms with Crippen LogP contribution in [-0.4, -0.2) is 24.2 Å². The molecule has 0 atom stereocenters. The molecule has 0 heterocycles. The highest BCUT2D eigenvalue weighted by Gasteiger charge is 2.09. The SMILES string of the molecule is CCOC(=O)c1ccc(C)c(NC(=S)NCCCc2ccccc2Cl)c1.